The highest BCUT2D eigenvalue weighted by atomic mass is 19.4. The SMILES string of the molecule is NC1CC2CC(C(=O)N3CCc4cc(C(F)(F)F)ccc4C3)CC12. The van der Waals surface area contributed by atoms with E-state index in [1.807, 2.05) is 4.90 Å². The van der Waals surface area contributed by atoms with E-state index in [1.165, 1.54) is 12.1 Å². The Labute approximate surface area is 139 Å². The van der Waals surface area contributed by atoms with Crippen molar-refractivity contribution in [2.45, 2.75) is 44.4 Å². The molecule has 3 aliphatic rings. The molecule has 4 atom stereocenters. The normalized spacial score (nSPS) is 32.1. The van der Waals surface area contributed by atoms with Crippen LogP contribution < -0.4 is 5.73 Å². The Bertz CT molecular complexity index is 673. The smallest absolute Gasteiger partial charge is 0.338 e. The van der Waals surface area contributed by atoms with Crippen molar-refractivity contribution in [3.63, 3.8) is 0 Å². The Morgan fingerprint density at radius 1 is 1.17 bits per heavy atom. The molecule has 0 aromatic heterocycles. The van der Waals surface area contributed by atoms with Crippen LogP contribution in [-0.4, -0.2) is 23.4 Å². The zero-order valence-electron chi connectivity index (χ0n) is 13.4. The molecule has 2 fully saturated rings. The van der Waals surface area contributed by atoms with Gasteiger partial charge in [-0.05, 0) is 60.8 Å². The molecule has 0 saturated heterocycles. The number of benzene rings is 1. The highest BCUT2D eigenvalue weighted by molar-refractivity contribution is 5.79. The molecule has 1 heterocycles. The van der Waals surface area contributed by atoms with Gasteiger partial charge in [-0.15, -0.1) is 0 Å². The van der Waals surface area contributed by atoms with E-state index in [0.29, 0.717) is 36.9 Å². The van der Waals surface area contributed by atoms with E-state index in [2.05, 4.69) is 0 Å². The van der Waals surface area contributed by atoms with E-state index < -0.39 is 11.7 Å². The Kier molecular flexibility index (Phi) is 3.64. The molecule has 0 bridgehead atoms. The van der Waals surface area contributed by atoms with Crippen molar-refractivity contribution in [3.8, 4) is 0 Å². The van der Waals surface area contributed by atoms with Crippen molar-refractivity contribution in [1.82, 2.24) is 4.90 Å². The quantitative estimate of drug-likeness (QED) is 0.856. The number of alkyl halides is 3. The van der Waals surface area contributed by atoms with Crippen LogP contribution in [0.1, 0.15) is 36.0 Å². The highest BCUT2D eigenvalue weighted by Crippen LogP contribution is 2.49. The van der Waals surface area contributed by atoms with Gasteiger partial charge in [0.25, 0.3) is 0 Å². The molecular formula is C18H21F3N2O. The average molecular weight is 338 g/mol. The van der Waals surface area contributed by atoms with E-state index in [9.17, 15) is 18.0 Å². The summed E-state index contributed by atoms with van der Waals surface area (Å²) in [6.45, 7) is 0.926. The molecule has 4 rings (SSSR count). The lowest BCUT2D eigenvalue weighted by molar-refractivity contribution is -0.138. The number of rotatable bonds is 1. The van der Waals surface area contributed by atoms with Crippen molar-refractivity contribution in [1.29, 1.82) is 0 Å². The predicted molar refractivity (Wildman–Crippen MR) is 82.9 cm³/mol. The van der Waals surface area contributed by atoms with Crippen molar-refractivity contribution in [2.75, 3.05) is 6.54 Å². The van der Waals surface area contributed by atoms with Crippen molar-refractivity contribution >= 4 is 5.91 Å². The summed E-state index contributed by atoms with van der Waals surface area (Å²) < 4.78 is 38.4. The Balaban J connectivity index is 1.46. The monoisotopic (exact) mass is 338 g/mol. The molecule has 1 aromatic carbocycles. The van der Waals surface area contributed by atoms with E-state index >= 15 is 0 Å². The molecule has 1 aliphatic heterocycles. The molecule has 3 nitrogen and oxygen atoms in total. The van der Waals surface area contributed by atoms with Crippen molar-refractivity contribution < 1.29 is 18.0 Å². The second-order valence-electron chi connectivity index (χ2n) is 7.48. The van der Waals surface area contributed by atoms with Crippen LogP contribution in [0.15, 0.2) is 18.2 Å². The molecule has 2 aliphatic carbocycles. The minimum absolute atomic E-state index is 0.0459. The number of hydrogen-bond acceptors (Lipinski definition) is 2. The number of nitrogens with zero attached hydrogens (tertiary/aromatic N) is 1. The summed E-state index contributed by atoms with van der Waals surface area (Å²) in [6, 6.07) is 4.11. The fourth-order valence-electron chi connectivity index (χ4n) is 4.66. The van der Waals surface area contributed by atoms with Gasteiger partial charge in [-0.2, -0.15) is 13.2 Å². The molecule has 2 saturated carbocycles. The Morgan fingerprint density at radius 2 is 1.96 bits per heavy atom. The van der Waals surface area contributed by atoms with E-state index in [4.69, 9.17) is 5.73 Å². The second kappa shape index (κ2) is 5.48. The minimum atomic E-state index is -4.32. The van der Waals surface area contributed by atoms with Crippen LogP contribution in [0.2, 0.25) is 0 Å². The van der Waals surface area contributed by atoms with Crippen LogP contribution >= 0.6 is 0 Å². The summed E-state index contributed by atoms with van der Waals surface area (Å²) in [5.41, 5.74) is 6.94. The first kappa shape index (κ1) is 15.9. The average Bonchev–Trinajstić information content (AvgIpc) is 2.89. The molecule has 6 heteroatoms. The van der Waals surface area contributed by atoms with Gasteiger partial charge in [0.2, 0.25) is 5.91 Å². The maximum atomic E-state index is 12.8. The van der Waals surface area contributed by atoms with E-state index in [0.717, 1.165) is 30.9 Å². The van der Waals surface area contributed by atoms with Gasteiger partial charge >= 0.3 is 6.18 Å². The first-order valence-electron chi connectivity index (χ1n) is 8.56. The summed E-state index contributed by atoms with van der Waals surface area (Å²) in [7, 11) is 0. The van der Waals surface area contributed by atoms with Crippen LogP contribution in [0.4, 0.5) is 13.2 Å². The molecule has 2 N–H and O–H groups in total. The van der Waals surface area contributed by atoms with Crippen LogP contribution in [0.25, 0.3) is 0 Å². The van der Waals surface area contributed by atoms with Gasteiger partial charge in [-0.25, -0.2) is 0 Å². The number of carbonyl (C=O) groups excluding carboxylic acids is 1. The fourth-order valence-corrected chi connectivity index (χ4v) is 4.66. The van der Waals surface area contributed by atoms with Gasteiger partial charge in [-0.1, -0.05) is 6.07 Å². The first-order valence-corrected chi connectivity index (χ1v) is 8.56. The van der Waals surface area contributed by atoms with Gasteiger partial charge < -0.3 is 10.6 Å². The lowest BCUT2D eigenvalue weighted by Gasteiger charge is -2.37. The lowest BCUT2D eigenvalue weighted by atomic mass is 9.72. The van der Waals surface area contributed by atoms with E-state index in [1.54, 1.807) is 0 Å². The predicted octanol–water partition coefficient (Wildman–Crippen LogP) is 2.96. The summed E-state index contributed by atoms with van der Waals surface area (Å²) in [4.78, 5) is 14.6. The van der Waals surface area contributed by atoms with Gasteiger partial charge in [0, 0.05) is 25.0 Å². The second-order valence-corrected chi connectivity index (χ2v) is 7.48. The standard InChI is InChI=1S/C18H21F3N2O/c19-18(20,21)14-2-1-11-9-23(4-3-10(11)6-14)17(24)13-5-12-8-16(22)15(12)7-13/h1-2,6,12-13,15-16H,3-5,7-9,22H2. The molecule has 0 radical (unpaired) electrons. The number of halogens is 3. The molecule has 130 valence electrons. The van der Waals surface area contributed by atoms with Gasteiger partial charge in [0.05, 0.1) is 5.56 Å². The highest BCUT2D eigenvalue weighted by Gasteiger charge is 2.48. The molecule has 4 unspecified atom stereocenters. The number of hydrogen-bond donors (Lipinski definition) is 1. The van der Waals surface area contributed by atoms with Crippen LogP contribution in [0.5, 0.6) is 0 Å². The van der Waals surface area contributed by atoms with E-state index in [-0.39, 0.29) is 17.9 Å². The number of amides is 1. The van der Waals surface area contributed by atoms with Crippen LogP contribution in [-0.2, 0) is 23.9 Å². The zero-order valence-corrected chi connectivity index (χ0v) is 13.4. The molecule has 0 spiro atoms. The number of carbonyl (C=O) groups is 1. The van der Waals surface area contributed by atoms with Crippen molar-refractivity contribution in [2.24, 2.45) is 23.5 Å². The number of nitrogens with two attached hydrogens (primary N) is 1. The van der Waals surface area contributed by atoms with Crippen LogP contribution in [0, 0.1) is 17.8 Å². The third-order valence-corrected chi connectivity index (χ3v) is 6.08. The maximum absolute atomic E-state index is 12.8. The number of fused-ring (bicyclic) bond motifs is 2. The first-order chi connectivity index (χ1) is 11.3. The summed E-state index contributed by atoms with van der Waals surface area (Å²) in [6.07, 6.45) is -1.000. The topological polar surface area (TPSA) is 46.3 Å². The third-order valence-electron chi connectivity index (χ3n) is 6.08. The summed E-state index contributed by atoms with van der Waals surface area (Å²) in [5.74, 6) is 1.29. The fraction of sp³-hybridized carbons (Fsp3) is 0.611. The zero-order chi connectivity index (χ0) is 17.1. The third kappa shape index (κ3) is 2.61. The summed E-state index contributed by atoms with van der Waals surface area (Å²) >= 11 is 0. The minimum Gasteiger partial charge on any atom is -0.338 e. The van der Waals surface area contributed by atoms with Crippen molar-refractivity contribution in [3.05, 3.63) is 34.9 Å². The summed E-state index contributed by atoms with van der Waals surface area (Å²) in [5, 5.41) is 0. The lowest BCUT2D eigenvalue weighted by Crippen LogP contribution is -2.44. The molecule has 1 aromatic rings. The van der Waals surface area contributed by atoms with Gasteiger partial charge in [-0.3, -0.25) is 4.79 Å². The molecular weight excluding hydrogens is 317 g/mol. The maximum Gasteiger partial charge on any atom is 0.416 e. The van der Waals surface area contributed by atoms with Gasteiger partial charge in [0.1, 0.15) is 0 Å². The Morgan fingerprint density at radius 3 is 2.62 bits per heavy atom. The molecule has 24 heavy (non-hydrogen) atoms. The Hall–Kier alpha value is -1.56. The molecule has 1 amide bonds. The van der Waals surface area contributed by atoms with Gasteiger partial charge in [0.15, 0.2) is 0 Å². The largest absolute Gasteiger partial charge is 0.416 e. The van der Waals surface area contributed by atoms with Crippen LogP contribution in [0.3, 0.4) is 0 Å².